The van der Waals surface area contributed by atoms with Crippen molar-refractivity contribution in [1.29, 1.82) is 0 Å². The van der Waals surface area contributed by atoms with Crippen molar-refractivity contribution in [3.8, 4) is 0 Å². The fourth-order valence-electron chi connectivity index (χ4n) is 3.79. The first-order valence-electron chi connectivity index (χ1n) is 8.41. The van der Waals surface area contributed by atoms with Crippen molar-refractivity contribution in [2.75, 3.05) is 0 Å². The van der Waals surface area contributed by atoms with Gasteiger partial charge in [0.1, 0.15) is 6.10 Å². The number of esters is 1. The molecule has 3 nitrogen and oxygen atoms in total. The average molecular weight is 294 g/mol. The van der Waals surface area contributed by atoms with Crippen molar-refractivity contribution < 1.29 is 14.6 Å². The number of ether oxygens (including phenoxy) is 1. The van der Waals surface area contributed by atoms with Crippen LogP contribution >= 0.6 is 0 Å². The Balaban J connectivity index is 1.98. The van der Waals surface area contributed by atoms with Gasteiger partial charge >= 0.3 is 5.97 Å². The molecule has 2 rings (SSSR count). The van der Waals surface area contributed by atoms with E-state index < -0.39 is 6.10 Å². The SMILES string of the molecule is CCCCC(C)(C)[C@H](O)C=C[C@@H]1[C@H]2CC(=O)O[C@H]2C[C@H]1C. The minimum absolute atomic E-state index is 0.0564. The standard InChI is InChI=1S/C18H30O3/c1-5-6-9-18(3,4)16(19)8-7-13-12(2)10-15-14(13)11-17(20)21-15/h7-8,12-16,19H,5-6,9-11H2,1-4H3/t12-,13+,14-,15+,16-/m1/s1. The Kier molecular flexibility index (Phi) is 5.13. The fourth-order valence-corrected chi connectivity index (χ4v) is 3.79. The molecule has 0 aromatic rings. The molecule has 0 radical (unpaired) electrons. The minimum Gasteiger partial charge on any atom is -0.462 e. The smallest absolute Gasteiger partial charge is 0.306 e. The van der Waals surface area contributed by atoms with Crippen LogP contribution in [0.3, 0.4) is 0 Å². The van der Waals surface area contributed by atoms with Gasteiger partial charge in [-0.05, 0) is 30.1 Å². The van der Waals surface area contributed by atoms with Gasteiger partial charge in [-0.15, -0.1) is 0 Å². The Labute approximate surface area is 128 Å². The van der Waals surface area contributed by atoms with E-state index >= 15 is 0 Å². The van der Waals surface area contributed by atoms with Gasteiger partial charge in [-0.1, -0.05) is 52.7 Å². The molecule has 120 valence electrons. The van der Waals surface area contributed by atoms with Crippen LogP contribution in [0.5, 0.6) is 0 Å². The predicted octanol–water partition coefficient (Wildman–Crippen LogP) is 3.71. The molecule has 0 aromatic heterocycles. The van der Waals surface area contributed by atoms with E-state index in [-0.39, 0.29) is 17.5 Å². The van der Waals surface area contributed by atoms with Crippen molar-refractivity contribution in [3.63, 3.8) is 0 Å². The zero-order valence-corrected chi connectivity index (χ0v) is 13.8. The second-order valence-electron chi connectivity index (χ2n) is 7.61. The Bertz CT molecular complexity index is 399. The van der Waals surface area contributed by atoms with Crippen LogP contribution in [0, 0.1) is 23.2 Å². The van der Waals surface area contributed by atoms with Gasteiger partial charge in [-0.2, -0.15) is 0 Å². The van der Waals surface area contributed by atoms with Gasteiger partial charge in [0.05, 0.1) is 12.5 Å². The van der Waals surface area contributed by atoms with E-state index in [1.54, 1.807) is 0 Å². The van der Waals surface area contributed by atoms with Crippen LogP contribution in [0.1, 0.15) is 59.8 Å². The highest BCUT2D eigenvalue weighted by molar-refractivity contribution is 5.72. The topological polar surface area (TPSA) is 46.5 Å². The summed E-state index contributed by atoms with van der Waals surface area (Å²) < 4.78 is 5.38. The number of fused-ring (bicyclic) bond motifs is 1. The quantitative estimate of drug-likeness (QED) is 0.600. The molecule has 1 saturated heterocycles. The summed E-state index contributed by atoms with van der Waals surface area (Å²) in [6.45, 7) is 8.65. The van der Waals surface area contributed by atoms with E-state index in [1.807, 2.05) is 6.08 Å². The maximum Gasteiger partial charge on any atom is 0.306 e. The van der Waals surface area contributed by atoms with E-state index in [9.17, 15) is 9.90 Å². The molecular formula is C18H30O3. The number of hydrogen-bond acceptors (Lipinski definition) is 3. The molecule has 0 amide bonds. The first-order valence-corrected chi connectivity index (χ1v) is 8.41. The molecule has 2 fully saturated rings. The number of aliphatic hydroxyl groups excluding tert-OH is 1. The Morgan fingerprint density at radius 2 is 2.19 bits per heavy atom. The van der Waals surface area contributed by atoms with Crippen molar-refractivity contribution in [1.82, 2.24) is 0 Å². The summed E-state index contributed by atoms with van der Waals surface area (Å²) in [5.41, 5.74) is -0.0876. The van der Waals surface area contributed by atoms with Gasteiger partial charge in [0, 0.05) is 5.92 Å². The minimum atomic E-state index is -0.423. The van der Waals surface area contributed by atoms with Crippen LogP contribution in [-0.2, 0) is 9.53 Å². The number of carbonyl (C=O) groups is 1. The summed E-state index contributed by atoms with van der Waals surface area (Å²) in [7, 11) is 0. The van der Waals surface area contributed by atoms with Gasteiger partial charge in [0.25, 0.3) is 0 Å². The zero-order valence-electron chi connectivity index (χ0n) is 13.8. The van der Waals surface area contributed by atoms with Gasteiger partial charge < -0.3 is 9.84 Å². The highest BCUT2D eigenvalue weighted by Crippen LogP contribution is 2.45. The summed E-state index contributed by atoms with van der Waals surface area (Å²) in [5, 5.41) is 10.5. The van der Waals surface area contributed by atoms with Crippen molar-refractivity contribution >= 4 is 5.97 Å². The molecule has 0 unspecified atom stereocenters. The predicted molar refractivity (Wildman–Crippen MR) is 83.7 cm³/mol. The van der Waals surface area contributed by atoms with Crippen LogP contribution in [-0.4, -0.2) is 23.3 Å². The summed E-state index contributed by atoms with van der Waals surface area (Å²) in [4.78, 5) is 11.4. The maximum absolute atomic E-state index is 11.4. The molecule has 2 aliphatic rings. The van der Waals surface area contributed by atoms with Gasteiger partial charge in [-0.25, -0.2) is 0 Å². The van der Waals surface area contributed by atoms with Gasteiger partial charge in [0.2, 0.25) is 0 Å². The average Bonchev–Trinajstić information content (AvgIpc) is 2.89. The molecule has 1 N–H and O–H groups in total. The van der Waals surface area contributed by atoms with Crippen LogP contribution in [0.25, 0.3) is 0 Å². The van der Waals surface area contributed by atoms with Crippen molar-refractivity contribution in [3.05, 3.63) is 12.2 Å². The lowest BCUT2D eigenvalue weighted by Crippen LogP contribution is -2.28. The van der Waals surface area contributed by atoms with Crippen LogP contribution in [0.2, 0.25) is 0 Å². The number of rotatable bonds is 6. The molecule has 3 heteroatoms. The molecule has 1 aliphatic carbocycles. The Hall–Kier alpha value is -0.830. The Morgan fingerprint density at radius 3 is 2.86 bits per heavy atom. The summed E-state index contributed by atoms with van der Waals surface area (Å²) >= 11 is 0. The van der Waals surface area contributed by atoms with Crippen LogP contribution < -0.4 is 0 Å². The fraction of sp³-hybridized carbons (Fsp3) is 0.833. The molecule has 5 atom stereocenters. The van der Waals surface area contributed by atoms with Crippen LogP contribution in [0.4, 0.5) is 0 Å². The molecule has 1 heterocycles. The number of hydrogen-bond donors (Lipinski definition) is 1. The van der Waals surface area contributed by atoms with E-state index in [1.165, 1.54) is 0 Å². The second kappa shape index (κ2) is 6.51. The number of allylic oxidation sites excluding steroid dienone is 1. The number of unbranched alkanes of at least 4 members (excludes halogenated alkanes) is 1. The van der Waals surface area contributed by atoms with Gasteiger partial charge in [-0.3, -0.25) is 4.79 Å². The highest BCUT2D eigenvalue weighted by Gasteiger charge is 2.47. The summed E-state index contributed by atoms with van der Waals surface area (Å²) in [5.74, 6) is 1.14. The lowest BCUT2D eigenvalue weighted by Gasteiger charge is -2.29. The third-order valence-electron chi connectivity index (χ3n) is 5.41. The lowest BCUT2D eigenvalue weighted by atomic mass is 9.80. The van der Waals surface area contributed by atoms with E-state index in [4.69, 9.17) is 4.74 Å². The molecule has 0 aromatic carbocycles. The van der Waals surface area contributed by atoms with E-state index in [0.717, 1.165) is 25.7 Å². The normalized spacial score (nSPS) is 34.2. The lowest BCUT2D eigenvalue weighted by molar-refractivity contribution is -0.141. The first-order chi connectivity index (χ1) is 9.85. The molecule has 21 heavy (non-hydrogen) atoms. The highest BCUT2D eigenvalue weighted by atomic mass is 16.6. The summed E-state index contributed by atoms with van der Waals surface area (Å²) in [6.07, 6.45) is 8.62. The molecule has 0 spiro atoms. The number of carbonyl (C=O) groups excluding carboxylic acids is 1. The molecule has 1 aliphatic heterocycles. The van der Waals surface area contributed by atoms with E-state index in [0.29, 0.717) is 24.2 Å². The largest absolute Gasteiger partial charge is 0.462 e. The second-order valence-corrected chi connectivity index (χ2v) is 7.61. The first kappa shape index (κ1) is 16.5. The molecule has 0 bridgehead atoms. The molecular weight excluding hydrogens is 264 g/mol. The maximum atomic E-state index is 11.4. The monoisotopic (exact) mass is 294 g/mol. The zero-order chi connectivity index (χ0) is 15.6. The van der Waals surface area contributed by atoms with Crippen molar-refractivity contribution in [2.24, 2.45) is 23.2 Å². The summed E-state index contributed by atoms with van der Waals surface area (Å²) in [6, 6.07) is 0. The van der Waals surface area contributed by atoms with Gasteiger partial charge in [0.15, 0.2) is 0 Å². The number of aliphatic hydroxyl groups is 1. The third-order valence-corrected chi connectivity index (χ3v) is 5.41. The third kappa shape index (κ3) is 3.68. The molecule has 1 saturated carbocycles. The van der Waals surface area contributed by atoms with Crippen molar-refractivity contribution in [2.45, 2.75) is 72.0 Å². The van der Waals surface area contributed by atoms with Crippen LogP contribution in [0.15, 0.2) is 12.2 Å². The van der Waals surface area contributed by atoms with E-state index in [2.05, 4.69) is 33.8 Å². The Morgan fingerprint density at radius 1 is 1.48 bits per heavy atom.